The summed E-state index contributed by atoms with van der Waals surface area (Å²) >= 11 is 9.05. The zero-order valence-corrected chi connectivity index (χ0v) is 21.6. The van der Waals surface area contributed by atoms with Gasteiger partial charge in [-0.2, -0.15) is 8.42 Å². The first-order valence-electron chi connectivity index (χ1n) is 10.1. The average Bonchev–Trinajstić information content (AvgIpc) is 2.84. The molecule has 36 heavy (non-hydrogen) atoms. The highest BCUT2D eigenvalue weighted by molar-refractivity contribution is 9.10. The molecule has 1 aliphatic rings. The first-order chi connectivity index (χ1) is 17.1. The second kappa shape index (κ2) is 10.1. The van der Waals surface area contributed by atoms with Crippen molar-refractivity contribution in [1.29, 1.82) is 0 Å². The first-order valence-corrected chi connectivity index (χ1v) is 12.7. The first kappa shape index (κ1) is 25.4. The summed E-state index contributed by atoms with van der Waals surface area (Å²) in [5, 5.41) is 2.51. The molecule has 184 valence electrons. The van der Waals surface area contributed by atoms with Crippen molar-refractivity contribution >= 4 is 67.3 Å². The monoisotopic (exact) mass is 590 g/mol. The molecule has 0 atom stereocenters. The van der Waals surface area contributed by atoms with Crippen LogP contribution in [-0.4, -0.2) is 33.4 Å². The molecule has 0 bridgehead atoms. The van der Waals surface area contributed by atoms with Crippen molar-refractivity contribution in [2.75, 3.05) is 12.0 Å². The van der Waals surface area contributed by atoms with Crippen molar-refractivity contribution in [1.82, 2.24) is 5.32 Å². The van der Waals surface area contributed by atoms with E-state index in [9.17, 15) is 22.8 Å². The molecule has 1 heterocycles. The number of halogens is 2. The molecule has 3 aromatic carbocycles. The number of carbonyl (C=O) groups excluding carboxylic acids is 3. The van der Waals surface area contributed by atoms with E-state index in [-0.39, 0.29) is 26.4 Å². The van der Waals surface area contributed by atoms with E-state index in [4.69, 9.17) is 20.5 Å². The van der Waals surface area contributed by atoms with Gasteiger partial charge in [0.05, 0.1) is 17.3 Å². The lowest BCUT2D eigenvalue weighted by atomic mass is 10.1. The largest absolute Gasteiger partial charge is 0.497 e. The van der Waals surface area contributed by atoms with Gasteiger partial charge >= 0.3 is 16.1 Å². The third-order valence-corrected chi connectivity index (χ3v) is 7.12. The lowest BCUT2D eigenvalue weighted by Crippen LogP contribution is -2.54. The average molecular weight is 592 g/mol. The Balaban J connectivity index is 1.60. The van der Waals surface area contributed by atoms with E-state index in [0.29, 0.717) is 16.3 Å². The molecule has 9 nitrogen and oxygen atoms in total. The van der Waals surface area contributed by atoms with E-state index >= 15 is 0 Å². The van der Waals surface area contributed by atoms with Crippen LogP contribution >= 0.6 is 27.5 Å². The van der Waals surface area contributed by atoms with Crippen molar-refractivity contribution in [2.24, 2.45) is 0 Å². The maximum absolute atomic E-state index is 13.0. The van der Waals surface area contributed by atoms with Gasteiger partial charge in [0, 0.05) is 5.02 Å². The van der Waals surface area contributed by atoms with E-state index in [1.807, 2.05) is 0 Å². The van der Waals surface area contributed by atoms with E-state index in [1.165, 1.54) is 67.8 Å². The van der Waals surface area contributed by atoms with Crippen LogP contribution in [0.1, 0.15) is 5.56 Å². The number of barbiturate groups is 1. The topological polar surface area (TPSA) is 119 Å². The lowest BCUT2D eigenvalue weighted by molar-refractivity contribution is -0.122. The molecule has 0 radical (unpaired) electrons. The number of hydrogen-bond acceptors (Lipinski definition) is 7. The molecule has 4 rings (SSSR count). The van der Waals surface area contributed by atoms with Gasteiger partial charge in [-0.3, -0.25) is 14.9 Å². The van der Waals surface area contributed by atoms with Crippen LogP contribution < -0.4 is 19.1 Å². The molecule has 1 fully saturated rings. The van der Waals surface area contributed by atoms with Gasteiger partial charge in [-0.15, -0.1) is 0 Å². The molecule has 0 aromatic heterocycles. The van der Waals surface area contributed by atoms with Crippen LogP contribution in [0.4, 0.5) is 10.5 Å². The number of rotatable bonds is 6. The fraction of sp³-hybridized carbons (Fsp3) is 0.0417. The van der Waals surface area contributed by atoms with Crippen LogP contribution in [-0.2, 0) is 19.7 Å². The summed E-state index contributed by atoms with van der Waals surface area (Å²) in [4.78, 5) is 38.6. The second-order valence-corrected chi connectivity index (χ2v) is 10.2. The number of anilines is 1. The number of carbonyl (C=O) groups is 3. The Labute approximate surface area is 219 Å². The van der Waals surface area contributed by atoms with Crippen molar-refractivity contribution in [3.8, 4) is 11.5 Å². The zero-order chi connectivity index (χ0) is 26.0. The van der Waals surface area contributed by atoms with Gasteiger partial charge < -0.3 is 8.92 Å². The number of nitrogens with zero attached hydrogens (tertiary/aromatic N) is 1. The highest BCUT2D eigenvalue weighted by atomic mass is 79.9. The molecule has 4 amide bonds. The summed E-state index contributed by atoms with van der Waals surface area (Å²) in [6.45, 7) is 0. The Morgan fingerprint density at radius 2 is 1.64 bits per heavy atom. The quantitative estimate of drug-likeness (QED) is 0.254. The minimum atomic E-state index is -4.13. The van der Waals surface area contributed by atoms with Crippen LogP contribution in [0.3, 0.4) is 0 Å². The number of urea groups is 1. The highest BCUT2D eigenvalue weighted by Gasteiger charge is 2.36. The van der Waals surface area contributed by atoms with Gasteiger partial charge in [-0.05, 0) is 88.2 Å². The van der Waals surface area contributed by atoms with E-state index in [1.54, 1.807) is 12.1 Å². The summed E-state index contributed by atoms with van der Waals surface area (Å²) < 4.78 is 35.6. The van der Waals surface area contributed by atoms with Crippen molar-refractivity contribution < 1.29 is 31.7 Å². The summed E-state index contributed by atoms with van der Waals surface area (Å²) in [5.74, 6) is -1.17. The van der Waals surface area contributed by atoms with E-state index < -0.39 is 28.0 Å². The number of imide groups is 2. The Kier molecular flexibility index (Phi) is 7.16. The van der Waals surface area contributed by atoms with Crippen LogP contribution in [0.15, 0.2) is 81.7 Å². The van der Waals surface area contributed by atoms with Crippen molar-refractivity contribution in [2.45, 2.75) is 4.90 Å². The molecule has 1 N–H and O–H groups in total. The van der Waals surface area contributed by atoms with Crippen molar-refractivity contribution in [3.63, 3.8) is 0 Å². The molecule has 3 aromatic rings. The normalized spacial score (nSPS) is 15.1. The van der Waals surface area contributed by atoms with Gasteiger partial charge in [0.1, 0.15) is 16.2 Å². The Morgan fingerprint density at radius 1 is 0.972 bits per heavy atom. The molecule has 0 aliphatic carbocycles. The highest BCUT2D eigenvalue weighted by Crippen LogP contribution is 2.31. The van der Waals surface area contributed by atoms with Crippen molar-refractivity contribution in [3.05, 3.63) is 87.4 Å². The van der Waals surface area contributed by atoms with Gasteiger partial charge in [0.25, 0.3) is 11.8 Å². The fourth-order valence-electron chi connectivity index (χ4n) is 3.23. The predicted molar refractivity (Wildman–Crippen MR) is 135 cm³/mol. The third kappa shape index (κ3) is 5.27. The number of methoxy groups -OCH3 is 1. The number of nitrogens with one attached hydrogen (secondary N) is 1. The number of benzene rings is 3. The molecular weight excluding hydrogens is 576 g/mol. The number of amides is 4. The van der Waals surface area contributed by atoms with E-state index in [2.05, 4.69) is 21.2 Å². The Bertz CT molecular complexity index is 1500. The minimum absolute atomic E-state index is 0.0124. The van der Waals surface area contributed by atoms with Crippen LogP contribution in [0.2, 0.25) is 5.02 Å². The SMILES string of the molecule is COc1ccc(N2C(=O)NC(=O)/C(=C\c3ccc(OS(=O)(=O)c4ccc(Cl)cc4)c(Br)c3)C2=O)cc1. The molecular formula is C24H16BrClN2O7S. The molecule has 12 heteroatoms. The van der Waals surface area contributed by atoms with Gasteiger partial charge in [0.15, 0.2) is 5.75 Å². The minimum Gasteiger partial charge on any atom is -0.497 e. The van der Waals surface area contributed by atoms with E-state index in [0.717, 1.165) is 4.90 Å². The summed E-state index contributed by atoms with van der Waals surface area (Å²) in [5.41, 5.74) is 0.328. The maximum Gasteiger partial charge on any atom is 0.339 e. The standard InChI is InChI=1S/C24H16BrClN2O7S/c1-34-17-7-5-16(6-8-17)28-23(30)19(22(29)27-24(28)31)12-14-2-11-21(20(25)13-14)35-36(32,33)18-9-3-15(26)4-10-18/h2-13H,1H3,(H,27,29,31)/b19-12+. The molecule has 0 spiro atoms. The third-order valence-electron chi connectivity index (χ3n) is 5.00. The van der Waals surface area contributed by atoms with Crippen LogP contribution in [0.25, 0.3) is 6.08 Å². The fourth-order valence-corrected chi connectivity index (χ4v) is 4.89. The van der Waals surface area contributed by atoms with Crippen LogP contribution in [0, 0.1) is 0 Å². The maximum atomic E-state index is 13.0. The molecule has 0 unspecified atom stereocenters. The van der Waals surface area contributed by atoms with Gasteiger partial charge in [-0.25, -0.2) is 9.69 Å². The summed E-state index contributed by atoms with van der Waals surface area (Å²) in [7, 11) is -2.65. The second-order valence-electron chi connectivity index (χ2n) is 7.34. The smallest absolute Gasteiger partial charge is 0.339 e. The van der Waals surface area contributed by atoms with Gasteiger partial charge in [-0.1, -0.05) is 17.7 Å². The van der Waals surface area contributed by atoms with Crippen LogP contribution in [0.5, 0.6) is 11.5 Å². The summed E-state index contributed by atoms with van der Waals surface area (Å²) in [6.07, 6.45) is 1.28. The number of ether oxygens (including phenoxy) is 1. The molecule has 0 saturated carbocycles. The number of hydrogen-bond donors (Lipinski definition) is 1. The molecule has 1 aliphatic heterocycles. The zero-order valence-electron chi connectivity index (χ0n) is 18.4. The Hall–Kier alpha value is -3.67. The predicted octanol–water partition coefficient (Wildman–Crippen LogP) is 4.55. The molecule has 1 saturated heterocycles. The Morgan fingerprint density at radius 3 is 2.25 bits per heavy atom. The van der Waals surface area contributed by atoms with Gasteiger partial charge in [0.2, 0.25) is 0 Å². The lowest BCUT2D eigenvalue weighted by Gasteiger charge is -2.26. The summed E-state index contributed by atoms with van der Waals surface area (Å²) in [6, 6.07) is 15.0.